The lowest BCUT2D eigenvalue weighted by Gasteiger charge is -2.27. The van der Waals surface area contributed by atoms with Gasteiger partial charge in [-0.25, -0.2) is 4.98 Å². The number of nitrogens with one attached hydrogen (secondary N) is 1. The van der Waals surface area contributed by atoms with Gasteiger partial charge in [0.25, 0.3) is 5.91 Å². The summed E-state index contributed by atoms with van der Waals surface area (Å²) in [6, 6.07) is 2.23. The molecule has 1 fully saturated rings. The summed E-state index contributed by atoms with van der Waals surface area (Å²) in [6.07, 6.45) is 4.63. The van der Waals surface area contributed by atoms with E-state index in [1.165, 1.54) is 12.8 Å². The van der Waals surface area contributed by atoms with Crippen molar-refractivity contribution in [2.75, 3.05) is 0 Å². The van der Waals surface area contributed by atoms with Crippen LogP contribution in [0.3, 0.4) is 0 Å². The third kappa shape index (κ3) is 2.72. The van der Waals surface area contributed by atoms with Gasteiger partial charge in [-0.3, -0.25) is 9.48 Å². The van der Waals surface area contributed by atoms with Gasteiger partial charge in [0, 0.05) is 18.5 Å². The Labute approximate surface area is 131 Å². The van der Waals surface area contributed by atoms with E-state index in [4.69, 9.17) is 0 Å². The topological polar surface area (TPSA) is 59.8 Å². The van der Waals surface area contributed by atoms with Gasteiger partial charge in [0.1, 0.15) is 0 Å². The molecule has 1 N–H and O–H groups in total. The summed E-state index contributed by atoms with van der Waals surface area (Å²) in [5.41, 5.74) is 3.17. The quantitative estimate of drug-likeness (QED) is 0.927. The Morgan fingerprint density at radius 3 is 2.82 bits per heavy atom. The van der Waals surface area contributed by atoms with Gasteiger partial charge in [0.2, 0.25) is 0 Å². The predicted molar refractivity (Wildman–Crippen MR) is 86.9 cm³/mol. The van der Waals surface area contributed by atoms with Crippen LogP contribution >= 0.6 is 0 Å². The first-order valence-corrected chi connectivity index (χ1v) is 8.07. The van der Waals surface area contributed by atoms with E-state index in [2.05, 4.69) is 22.3 Å². The van der Waals surface area contributed by atoms with Crippen LogP contribution in [0.25, 0.3) is 11.0 Å². The lowest BCUT2D eigenvalue weighted by molar-refractivity contribution is 0.0920. The summed E-state index contributed by atoms with van der Waals surface area (Å²) >= 11 is 0. The highest BCUT2D eigenvalue weighted by atomic mass is 16.1. The van der Waals surface area contributed by atoms with Crippen LogP contribution in [0.15, 0.2) is 6.07 Å². The van der Waals surface area contributed by atoms with Crippen molar-refractivity contribution in [1.82, 2.24) is 20.1 Å². The number of amides is 1. The van der Waals surface area contributed by atoms with Crippen molar-refractivity contribution in [2.45, 2.75) is 52.5 Å². The molecule has 1 aliphatic rings. The SMILES string of the molecule is Cc1nc2c(cc1C(=O)N[C@@H]1CCC[C@H](C)C1)c(C)nn2C. The molecule has 0 spiro atoms. The number of aryl methyl sites for hydroxylation is 3. The van der Waals surface area contributed by atoms with Crippen molar-refractivity contribution in [3.63, 3.8) is 0 Å². The molecule has 1 saturated carbocycles. The number of hydrogen-bond donors (Lipinski definition) is 1. The normalized spacial score (nSPS) is 22.0. The summed E-state index contributed by atoms with van der Waals surface area (Å²) in [5.74, 6) is 0.690. The van der Waals surface area contributed by atoms with Crippen molar-refractivity contribution >= 4 is 16.9 Å². The third-order valence-electron chi connectivity index (χ3n) is 4.71. The van der Waals surface area contributed by atoms with Gasteiger partial charge in [0.05, 0.1) is 17.0 Å². The molecule has 0 radical (unpaired) electrons. The van der Waals surface area contributed by atoms with E-state index in [1.54, 1.807) is 4.68 Å². The van der Waals surface area contributed by atoms with Gasteiger partial charge in [-0.1, -0.05) is 19.8 Å². The average Bonchev–Trinajstić information content (AvgIpc) is 2.72. The zero-order valence-electron chi connectivity index (χ0n) is 13.8. The highest BCUT2D eigenvalue weighted by Crippen LogP contribution is 2.24. The first kappa shape index (κ1) is 15.0. The number of pyridine rings is 1. The molecule has 0 unspecified atom stereocenters. The molecule has 1 aliphatic carbocycles. The minimum Gasteiger partial charge on any atom is -0.349 e. The Morgan fingerprint density at radius 2 is 2.09 bits per heavy atom. The number of nitrogens with zero attached hydrogens (tertiary/aromatic N) is 3. The van der Waals surface area contributed by atoms with Crippen LogP contribution in [0.4, 0.5) is 0 Å². The molecule has 1 amide bonds. The van der Waals surface area contributed by atoms with Crippen molar-refractivity contribution in [3.05, 3.63) is 23.0 Å². The van der Waals surface area contributed by atoms with Crippen molar-refractivity contribution in [1.29, 1.82) is 0 Å². The molecule has 0 bridgehead atoms. The Bertz CT molecular complexity index is 719. The summed E-state index contributed by atoms with van der Waals surface area (Å²) < 4.78 is 1.77. The first-order chi connectivity index (χ1) is 10.5. The van der Waals surface area contributed by atoms with Gasteiger partial charge in [-0.05, 0) is 38.7 Å². The average molecular weight is 300 g/mol. The molecule has 3 rings (SSSR count). The number of carbonyl (C=O) groups is 1. The van der Waals surface area contributed by atoms with Crippen LogP contribution in [-0.2, 0) is 7.05 Å². The molecule has 0 aliphatic heterocycles. The monoisotopic (exact) mass is 300 g/mol. The first-order valence-electron chi connectivity index (χ1n) is 8.07. The summed E-state index contributed by atoms with van der Waals surface area (Å²) in [5, 5.41) is 8.52. The van der Waals surface area contributed by atoms with E-state index >= 15 is 0 Å². The largest absolute Gasteiger partial charge is 0.349 e. The molecule has 2 atom stereocenters. The fourth-order valence-electron chi connectivity index (χ4n) is 3.49. The lowest BCUT2D eigenvalue weighted by atomic mass is 9.87. The molecular formula is C17H24N4O. The van der Waals surface area contributed by atoms with Crippen LogP contribution in [-0.4, -0.2) is 26.7 Å². The molecule has 22 heavy (non-hydrogen) atoms. The van der Waals surface area contributed by atoms with E-state index in [9.17, 15) is 4.79 Å². The zero-order chi connectivity index (χ0) is 15.9. The maximum absolute atomic E-state index is 12.6. The van der Waals surface area contributed by atoms with Crippen LogP contribution in [0.2, 0.25) is 0 Å². The zero-order valence-corrected chi connectivity index (χ0v) is 13.8. The second kappa shape index (κ2) is 5.71. The minimum atomic E-state index is -0.00532. The second-order valence-corrected chi connectivity index (χ2v) is 6.64. The fraction of sp³-hybridized carbons (Fsp3) is 0.588. The molecule has 5 heteroatoms. The highest BCUT2D eigenvalue weighted by Gasteiger charge is 2.22. The van der Waals surface area contributed by atoms with E-state index < -0.39 is 0 Å². The summed E-state index contributed by atoms with van der Waals surface area (Å²) in [6.45, 7) is 6.10. The summed E-state index contributed by atoms with van der Waals surface area (Å²) in [4.78, 5) is 17.2. The smallest absolute Gasteiger partial charge is 0.253 e. The summed E-state index contributed by atoms with van der Waals surface area (Å²) in [7, 11) is 1.88. The molecular weight excluding hydrogens is 276 g/mol. The van der Waals surface area contributed by atoms with Crippen LogP contribution in [0.5, 0.6) is 0 Å². The Hall–Kier alpha value is -1.91. The minimum absolute atomic E-state index is 0.00532. The van der Waals surface area contributed by atoms with Crippen molar-refractivity contribution < 1.29 is 4.79 Å². The maximum Gasteiger partial charge on any atom is 0.253 e. The molecule has 2 heterocycles. The molecule has 2 aromatic heterocycles. The van der Waals surface area contributed by atoms with Crippen LogP contribution < -0.4 is 5.32 Å². The molecule has 5 nitrogen and oxygen atoms in total. The fourth-order valence-corrected chi connectivity index (χ4v) is 3.49. The standard InChI is InChI=1S/C17H24N4O/c1-10-6-5-7-13(8-10)19-17(22)15-9-14-12(3)20-21(4)16(14)18-11(15)2/h9-10,13H,5-8H2,1-4H3,(H,19,22)/t10-,13+/m0/s1. The second-order valence-electron chi connectivity index (χ2n) is 6.64. The van der Waals surface area contributed by atoms with E-state index in [0.717, 1.165) is 35.3 Å². The van der Waals surface area contributed by atoms with Gasteiger partial charge < -0.3 is 5.32 Å². The number of fused-ring (bicyclic) bond motifs is 1. The van der Waals surface area contributed by atoms with E-state index in [-0.39, 0.29) is 5.91 Å². The van der Waals surface area contributed by atoms with Gasteiger partial charge >= 0.3 is 0 Å². The highest BCUT2D eigenvalue weighted by molar-refractivity contribution is 5.98. The van der Waals surface area contributed by atoms with E-state index in [1.807, 2.05) is 27.0 Å². The van der Waals surface area contributed by atoms with Gasteiger partial charge in [0.15, 0.2) is 5.65 Å². The lowest BCUT2D eigenvalue weighted by Crippen LogP contribution is -2.38. The van der Waals surface area contributed by atoms with Crippen molar-refractivity contribution in [3.8, 4) is 0 Å². The predicted octanol–water partition coefficient (Wildman–Crippen LogP) is 2.89. The Kier molecular flexibility index (Phi) is 3.89. The van der Waals surface area contributed by atoms with Crippen LogP contribution in [0.1, 0.15) is 54.4 Å². The number of rotatable bonds is 2. The molecule has 0 aromatic carbocycles. The maximum atomic E-state index is 12.6. The van der Waals surface area contributed by atoms with E-state index in [0.29, 0.717) is 17.5 Å². The number of hydrogen-bond acceptors (Lipinski definition) is 3. The van der Waals surface area contributed by atoms with Gasteiger partial charge in [-0.2, -0.15) is 5.10 Å². The van der Waals surface area contributed by atoms with Crippen molar-refractivity contribution in [2.24, 2.45) is 13.0 Å². The third-order valence-corrected chi connectivity index (χ3v) is 4.71. The molecule has 2 aromatic rings. The number of carbonyl (C=O) groups excluding carboxylic acids is 1. The molecule has 118 valence electrons. The van der Waals surface area contributed by atoms with Gasteiger partial charge in [-0.15, -0.1) is 0 Å². The molecule has 0 saturated heterocycles. The Balaban J connectivity index is 1.87. The Morgan fingerprint density at radius 1 is 1.32 bits per heavy atom. The van der Waals surface area contributed by atoms with Crippen LogP contribution in [0, 0.1) is 19.8 Å². The number of aromatic nitrogens is 3.